The molecule has 2 heterocycles. The molecule has 9 nitrogen and oxygen atoms in total. The Morgan fingerprint density at radius 1 is 1.38 bits per heavy atom. The van der Waals surface area contributed by atoms with Crippen molar-refractivity contribution in [1.82, 2.24) is 9.97 Å². The zero-order valence-electron chi connectivity index (χ0n) is 11.1. The fourth-order valence-corrected chi connectivity index (χ4v) is 2.36. The second-order valence-corrected chi connectivity index (χ2v) is 5.33. The minimum Gasteiger partial charge on any atom is -0.394 e. The molecule has 1 aliphatic rings. The lowest BCUT2D eigenvalue weighted by Gasteiger charge is -2.40. The second-order valence-electron chi connectivity index (χ2n) is 4.53. The molecule has 0 bridgehead atoms. The van der Waals surface area contributed by atoms with Crippen molar-refractivity contribution in [2.45, 2.75) is 35.8 Å². The molecule has 0 spiro atoms. The minimum atomic E-state index is -1.49. The van der Waals surface area contributed by atoms with Crippen LogP contribution in [0, 0.1) is 0 Å². The van der Waals surface area contributed by atoms with Gasteiger partial charge in [0.05, 0.1) is 6.61 Å². The molecule has 0 amide bonds. The van der Waals surface area contributed by atoms with Gasteiger partial charge in [0, 0.05) is 6.07 Å². The topological polar surface area (TPSA) is 148 Å². The van der Waals surface area contributed by atoms with E-state index >= 15 is 0 Å². The van der Waals surface area contributed by atoms with E-state index in [4.69, 9.17) is 9.84 Å². The Labute approximate surface area is 124 Å². The number of hydrogen-bond donors (Lipinski definition) is 6. The fraction of sp³-hybridized carbons (Fsp3) is 0.636. The largest absolute Gasteiger partial charge is 0.394 e. The number of aliphatic hydroxyl groups excluding tert-OH is 4. The molecule has 0 radical (unpaired) electrons. The zero-order chi connectivity index (χ0) is 15.6. The van der Waals surface area contributed by atoms with Gasteiger partial charge < -0.3 is 35.5 Å². The quantitative estimate of drug-likeness (QED) is 0.266. The Morgan fingerprint density at radius 2 is 2.10 bits per heavy atom. The predicted octanol–water partition coefficient (Wildman–Crippen LogP) is -2.30. The molecule has 2 rings (SSSR count). The maximum atomic E-state index is 11.4. The van der Waals surface area contributed by atoms with E-state index in [-0.39, 0.29) is 11.4 Å². The highest BCUT2D eigenvalue weighted by Gasteiger charge is 2.43. The lowest BCUT2D eigenvalue weighted by Crippen LogP contribution is -2.60. The number of rotatable bonds is 4. The van der Waals surface area contributed by atoms with Gasteiger partial charge in [-0.25, -0.2) is 4.98 Å². The molecular weight excluding hydrogens is 302 g/mol. The van der Waals surface area contributed by atoms with Crippen LogP contribution in [0.4, 0.5) is 5.82 Å². The van der Waals surface area contributed by atoms with Crippen molar-refractivity contribution < 1.29 is 25.2 Å². The van der Waals surface area contributed by atoms with E-state index in [9.17, 15) is 20.1 Å². The van der Waals surface area contributed by atoms with E-state index in [1.165, 1.54) is 17.8 Å². The van der Waals surface area contributed by atoms with Gasteiger partial charge in [-0.3, -0.25) is 4.79 Å². The standard InChI is InChI=1S/C11H17N3O6S/c1-21-11-13-5(2-6(16)14-11)12-10-9(19)8(18)7(17)4(3-15)20-10/h2,4,7-10,15,17-19H,3H2,1H3,(H2,12,13,14,16)/t4-,7+,8+,9+,10-/m0/s1. The van der Waals surface area contributed by atoms with Crippen LogP contribution in [0.1, 0.15) is 0 Å². The summed E-state index contributed by atoms with van der Waals surface area (Å²) in [6, 6.07) is 1.17. The van der Waals surface area contributed by atoms with E-state index in [0.29, 0.717) is 5.16 Å². The van der Waals surface area contributed by atoms with Gasteiger partial charge in [-0.05, 0) is 6.26 Å². The summed E-state index contributed by atoms with van der Waals surface area (Å²) < 4.78 is 5.27. The molecule has 1 aromatic rings. The molecule has 6 N–H and O–H groups in total. The Hall–Kier alpha value is -1.17. The number of aromatic nitrogens is 2. The van der Waals surface area contributed by atoms with Crippen LogP contribution in [-0.2, 0) is 4.74 Å². The number of anilines is 1. The van der Waals surface area contributed by atoms with Gasteiger partial charge in [0.2, 0.25) is 0 Å². The maximum absolute atomic E-state index is 11.4. The molecular formula is C11H17N3O6S. The number of hydrogen-bond acceptors (Lipinski definition) is 9. The van der Waals surface area contributed by atoms with Crippen LogP contribution < -0.4 is 10.9 Å². The number of H-pyrrole nitrogens is 1. The number of ether oxygens (including phenoxy) is 1. The third-order valence-electron chi connectivity index (χ3n) is 3.10. The molecule has 0 aliphatic carbocycles. The van der Waals surface area contributed by atoms with Crippen molar-refractivity contribution in [2.75, 3.05) is 18.2 Å². The van der Waals surface area contributed by atoms with E-state index in [1.807, 2.05) is 0 Å². The first-order chi connectivity index (χ1) is 9.96. The number of aromatic amines is 1. The Morgan fingerprint density at radius 3 is 2.71 bits per heavy atom. The van der Waals surface area contributed by atoms with Gasteiger partial charge in [-0.15, -0.1) is 0 Å². The van der Waals surface area contributed by atoms with Crippen molar-refractivity contribution in [3.63, 3.8) is 0 Å². The molecule has 118 valence electrons. The van der Waals surface area contributed by atoms with Crippen molar-refractivity contribution in [3.05, 3.63) is 16.4 Å². The highest BCUT2D eigenvalue weighted by atomic mass is 32.2. The molecule has 0 aromatic carbocycles. The minimum absolute atomic E-state index is 0.146. The average Bonchev–Trinajstić information content (AvgIpc) is 2.47. The van der Waals surface area contributed by atoms with Crippen LogP contribution in [-0.4, -0.2) is 73.9 Å². The van der Waals surface area contributed by atoms with Crippen molar-refractivity contribution in [3.8, 4) is 0 Å². The summed E-state index contributed by atoms with van der Waals surface area (Å²) >= 11 is 1.23. The van der Waals surface area contributed by atoms with Crippen molar-refractivity contribution in [2.24, 2.45) is 0 Å². The maximum Gasteiger partial charge on any atom is 0.253 e. The fourth-order valence-electron chi connectivity index (χ4n) is 1.97. The molecule has 1 saturated heterocycles. The molecule has 5 atom stereocenters. The summed E-state index contributed by atoms with van der Waals surface area (Å²) in [5.74, 6) is 0.146. The molecule has 0 unspecified atom stereocenters. The Bertz CT molecular complexity index is 539. The van der Waals surface area contributed by atoms with Crippen LogP contribution in [0.5, 0.6) is 0 Å². The summed E-state index contributed by atoms with van der Waals surface area (Å²) in [4.78, 5) is 18.0. The zero-order valence-corrected chi connectivity index (χ0v) is 11.9. The molecule has 1 fully saturated rings. The van der Waals surface area contributed by atoms with E-state index in [0.717, 1.165) is 0 Å². The van der Waals surface area contributed by atoms with Crippen LogP contribution in [0.25, 0.3) is 0 Å². The first kappa shape index (κ1) is 16.2. The van der Waals surface area contributed by atoms with Gasteiger partial charge in [0.25, 0.3) is 5.56 Å². The summed E-state index contributed by atoms with van der Waals surface area (Å²) in [7, 11) is 0. The molecule has 10 heteroatoms. The lowest BCUT2D eigenvalue weighted by atomic mass is 9.98. The van der Waals surface area contributed by atoms with Gasteiger partial charge in [-0.1, -0.05) is 11.8 Å². The van der Waals surface area contributed by atoms with Gasteiger partial charge in [0.1, 0.15) is 30.2 Å². The number of aliphatic hydroxyl groups is 4. The predicted molar refractivity (Wildman–Crippen MR) is 74.0 cm³/mol. The number of nitrogens with one attached hydrogen (secondary N) is 2. The third-order valence-corrected chi connectivity index (χ3v) is 3.68. The first-order valence-electron chi connectivity index (χ1n) is 6.18. The smallest absolute Gasteiger partial charge is 0.253 e. The summed E-state index contributed by atoms with van der Waals surface area (Å²) in [5.41, 5.74) is -0.388. The Balaban J connectivity index is 2.18. The molecule has 21 heavy (non-hydrogen) atoms. The van der Waals surface area contributed by atoms with Gasteiger partial charge >= 0.3 is 0 Å². The van der Waals surface area contributed by atoms with Crippen LogP contribution in [0.2, 0.25) is 0 Å². The van der Waals surface area contributed by atoms with E-state index in [2.05, 4.69) is 15.3 Å². The van der Waals surface area contributed by atoms with Crippen molar-refractivity contribution >= 4 is 17.6 Å². The average molecular weight is 319 g/mol. The van der Waals surface area contributed by atoms with Crippen LogP contribution >= 0.6 is 11.8 Å². The van der Waals surface area contributed by atoms with E-state index in [1.54, 1.807) is 6.26 Å². The number of thioether (sulfide) groups is 1. The number of nitrogens with zero attached hydrogens (tertiary/aromatic N) is 1. The van der Waals surface area contributed by atoms with Gasteiger partial charge in [0.15, 0.2) is 11.4 Å². The third kappa shape index (κ3) is 3.54. The summed E-state index contributed by atoms with van der Waals surface area (Å²) in [6.07, 6.45) is -4.78. The first-order valence-corrected chi connectivity index (χ1v) is 7.41. The Kier molecular flexibility index (Phi) is 5.19. The molecule has 1 aromatic heterocycles. The van der Waals surface area contributed by atoms with Crippen LogP contribution in [0.15, 0.2) is 16.0 Å². The SMILES string of the molecule is CSc1nc(N[C@H]2O[C@@H](CO)[C@@H](O)[C@@H](O)[C@H]2O)cc(=O)[nH]1. The monoisotopic (exact) mass is 319 g/mol. The highest BCUT2D eigenvalue weighted by molar-refractivity contribution is 7.98. The van der Waals surface area contributed by atoms with Gasteiger partial charge in [-0.2, -0.15) is 0 Å². The molecule has 0 saturated carbocycles. The summed E-state index contributed by atoms with van der Waals surface area (Å²) in [6.45, 7) is -0.526. The normalized spacial score (nSPS) is 32.9. The van der Waals surface area contributed by atoms with E-state index < -0.39 is 37.3 Å². The second kappa shape index (κ2) is 6.73. The van der Waals surface area contributed by atoms with Crippen molar-refractivity contribution in [1.29, 1.82) is 0 Å². The highest BCUT2D eigenvalue weighted by Crippen LogP contribution is 2.22. The van der Waals surface area contributed by atoms with Crippen LogP contribution in [0.3, 0.4) is 0 Å². The lowest BCUT2D eigenvalue weighted by molar-refractivity contribution is -0.221. The molecule has 1 aliphatic heterocycles. The summed E-state index contributed by atoms with van der Waals surface area (Å²) in [5, 5.41) is 41.4.